The fourth-order valence-electron chi connectivity index (χ4n) is 5.73. The number of nitrogens with zero attached hydrogens (tertiary/aromatic N) is 5. The van der Waals surface area contributed by atoms with Crippen LogP contribution in [-0.2, 0) is 14.3 Å². The summed E-state index contributed by atoms with van der Waals surface area (Å²) in [4.78, 5) is 37.4. The molecule has 6 rings (SSSR count). The van der Waals surface area contributed by atoms with Crippen molar-refractivity contribution in [1.29, 1.82) is 0 Å². The Morgan fingerprint density at radius 3 is 2.66 bits per heavy atom. The average Bonchev–Trinajstić information content (AvgIpc) is 3.75. The van der Waals surface area contributed by atoms with E-state index in [1.165, 1.54) is 12.1 Å². The fourth-order valence-corrected chi connectivity index (χ4v) is 6.43. The molecule has 0 bridgehead atoms. The highest BCUT2D eigenvalue weighted by atomic mass is 32.1. The summed E-state index contributed by atoms with van der Waals surface area (Å²) in [5, 5.41) is 14.3. The molecule has 0 saturated carbocycles. The van der Waals surface area contributed by atoms with Crippen molar-refractivity contribution in [2.45, 2.75) is 6.42 Å². The Balaban J connectivity index is 1.10. The fraction of sp³-hybridized carbons (Fsp3) is 0.379. The summed E-state index contributed by atoms with van der Waals surface area (Å²) in [6.45, 7) is 4.45. The van der Waals surface area contributed by atoms with Crippen LogP contribution in [0.15, 0.2) is 54.0 Å². The first kappa shape index (κ1) is 27.3. The summed E-state index contributed by atoms with van der Waals surface area (Å²) in [5.74, 6) is -0.375. The number of thiazole rings is 1. The van der Waals surface area contributed by atoms with E-state index in [1.807, 2.05) is 28.5 Å². The number of likely N-dealkylation sites (tertiary alicyclic amines) is 1. The van der Waals surface area contributed by atoms with Gasteiger partial charge in [0.1, 0.15) is 5.82 Å². The molecule has 4 aromatic rings. The van der Waals surface area contributed by atoms with E-state index in [0.717, 1.165) is 34.7 Å². The van der Waals surface area contributed by atoms with Crippen LogP contribution in [0.5, 0.6) is 0 Å². The van der Waals surface area contributed by atoms with Crippen molar-refractivity contribution in [1.82, 2.24) is 25.0 Å². The summed E-state index contributed by atoms with van der Waals surface area (Å²) in [6, 6.07) is 11.7. The molecule has 2 aliphatic rings. The molecular formula is C29H32FN7O3S. The van der Waals surface area contributed by atoms with E-state index < -0.39 is 5.41 Å². The first-order valence-electron chi connectivity index (χ1n) is 13.6. The largest absolute Gasteiger partial charge is 0.384 e. The van der Waals surface area contributed by atoms with Crippen molar-refractivity contribution in [3.8, 4) is 11.3 Å². The van der Waals surface area contributed by atoms with Crippen LogP contribution in [0.4, 0.5) is 15.2 Å². The van der Waals surface area contributed by atoms with Gasteiger partial charge in [-0.3, -0.25) is 19.6 Å². The highest BCUT2D eigenvalue weighted by Crippen LogP contribution is 2.34. The number of benzene rings is 2. The molecule has 12 heteroatoms. The van der Waals surface area contributed by atoms with E-state index in [2.05, 4.69) is 30.3 Å². The number of aromatic amines is 1. The maximum Gasteiger partial charge on any atom is 0.236 e. The molecule has 214 valence electrons. The topological polar surface area (TPSA) is 107 Å². The Kier molecular flexibility index (Phi) is 7.69. The number of piperazine rings is 1. The summed E-state index contributed by atoms with van der Waals surface area (Å²) in [6.07, 6.45) is 2.39. The van der Waals surface area contributed by atoms with Crippen molar-refractivity contribution in [2.24, 2.45) is 5.41 Å². The molecule has 0 spiro atoms. The number of carbonyl (C=O) groups excluding carboxylic acids is 2. The molecule has 2 aliphatic heterocycles. The predicted molar refractivity (Wildman–Crippen MR) is 156 cm³/mol. The number of rotatable bonds is 8. The van der Waals surface area contributed by atoms with Gasteiger partial charge in [0.15, 0.2) is 5.13 Å². The zero-order valence-corrected chi connectivity index (χ0v) is 23.6. The number of hydrogen-bond donors (Lipinski definition) is 2. The van der Waals surface area contributed by atoms with Gasteiger partial charge < -0.3 is 19.9 Å². The van der Waals surface area contributed by atoms with Crippen molar-refractivity contribution < 1.29 is 18.7 Å². The first-order chi connectivity index (χ1) is 19.9. The molecule has 2 fully saturated rings. The van der Waals surface area contributed by atoms with Crippen molar-refractivity contribution >= 4 is 44.9 Å². The number of methoxy groups -OCH3 is 1. The molecule has 41 heavy (non-hydrogen) atoms. The van der Waals surface area contributed by atoms with Gasteiger partial charge in [-0.2, -0.15) is 5.10 Å². The zero-order chi connectivity index (χ0) is 28.4. The quantitative estimate of drug-likeness (QED) is 0.330. The van der Waals surface area contributed by atoms with Crippen molar-refractivity contribution in [3.63, 3.8) is 0 Å². The van der Waals surface area contributed by atoms with Gasteiger partial charge in [-0.1, -0.05) is 0 Å². The second-order valence-corrected chi connectivity index (χ2v) is 11.5. The van der Waals surface area contributed by atoms with Gasteiger partial charge in [-0.25, -0.2) is 9.37 Å². The van der Waals surface area contributed by atoms with Crippen molar-refractivity contribution in [3.05, 3.63) is 59.9 Å². The Morgan fingerprint density at radius 1 is 1.12 bits per heavy atom. The molecule has 2 N–H and O–H groups in total. The highest BCUT2D eigenvalue weighted by molar-refractivity contribution is 7.13. The lowest BCUT2D eigenvalue weighted by Crippen LogP contribution is -2.51. The Morgan fingerprint density at radius 2 is 1.93 bits per heavy atom. The summed E-state index contributed by atoms with van der Waals surface area (Å²) >= 11 is 1.61. The van der Waals surface area contributed by atoms with Gasteiger partial charge in [0.2, 0.25) is 11.8 Å². The van der Waals surface area contributed by atoms with Crippen LogP contribution in [0.3, 0.4) is 0 Å². The molecule has 2 aromatic carbocycles. The van der Waals surface area contributed by atoms with Crippen LogP contribution in [-0.4, -0.2) is 96.3 Å². The maximum atomic E-state index is 13.7. The van der Waals surface area contributed by atoms with Crippen molar-refractivity contribution in [2.75, 3.05) is 69.7 Å². The molecule has 4 heterocycles. The third-order valence-corrected chi connectivity index (χ3v) is 8.79. The average molecular weight is 578 g/mol. The number of fused-ring (bicyclic) bond motifs is 1. The van der Waals surface area contributed by atoms with Gasteiger partial charge in [-0.05, 0) is 55.4 Å². The van der Waals surface area contributed by atoms with E-state index in [4.69, 9.17) is 4.74 Å². The van der Waals surface area contributed by atoms with Gasteiger partial charge in [-0.15, -0.1) is 11.3 Å². The third kappa shape index (κ3) is 5.67. The van der Waals surface area contributed by atoms with Crippen LogP contribution >= 0.6 is 11.3 Å². The molecule has 10 nitrogen and oxygen atoms in total. The lowest BCUT2D eigenvalue weighted by atomic mass is 9.87. The number of anilines is 2. The minimum absolute atomic E-state index is 0.0798. The number of H-pyrrole nitrogens is 1. The molecule has 2 aromatic heterocycles. The molecule has 0 aliphatic carbocycles. The standard InChI is InChI=1S/C29H32FN7O3S/c1-40-19-29(8-10-35(18-29)17-25(38)36-11-13-37(14-12-36)28-31-9-15-41-28)27(39)32-22-6-7-24-23(16-22)26(34-33-24)20-2-4-21(30)5-3-20/h2-7,9,15-16H,8,10-14,17-19H2,1H3,(H,32,39)(H,33,34). The second-order valence-electron chi connectivity index (χ2n) is 10.7. The minimum Gasteiger partial charge on any atom is -0.384 e. The number of amides is 2. The van der Waals surface area contributed by atoms with E-state index in [-0.39, 0.29) is 30.8 Å². The number of nitrogens with one attached hydrogen (secondary N) is 2. The first-order valence-corrected chi connectivity index (χ1v) is 14.5. The molecule has 0 radical (unpaired) electrons. The normalized spacial score (nSPS) is 19.7. The molecule has 2 saturated heterocycles. The number of hydrogen-bond acceptors (Lipinski definition) is 8. The van der Waals surface area contributed by atoms with E-state index in [0.29, 0.717) is 44.0 Å². The highest BCUT2D eigenvalue weighted by Gasteiger charge is 2.45. The third-order valence-electron chi connectivity index (χ3n) is 7.95. The second kappa shape index (κ2) is 11.6. The lowest BCUT2D eigenvalue weighted by molar-refractivity contribution is -0.133. The molecular weight excluding hydrogens is 545 g/mol. The number of ether oxygens (including phenoxy) is 1. The minimum atomic E-state index is -0.774. The predicted octanol–water partition coefficient (Wildman–Crippen LogP) is 3.45. The van der Waals surface area contributed by atoms with Crippen LogP contribution in [0.25, 0.3) is 22.2 Å². The lowest BCUT2D eigenvalue weighted by Gasteiger charge is -2.35. The Hall–Kier alpha value is -3.87. The zero-order valence-electron chi connectivity index (χ0n) is 22.8. The molecule has 1 atom stereocenters. The number of aromatic nitrogens is 3. The van der Waals surface area contributed by atoms with E-state index in [1.54, 1.807) is 36.8 Å². The molecule has 2 amide bonds. The summed E-state index contributed by atoms with van der Waals surface area (Å²) < 4.78 is 18.9. The van der Waals surface area contributed by atoms with Crippen LogP contribution in [0, 0.1) is 11.2 Å². The van der Waals surface area contributed by atoms with Gasteiger partial charge >= 0.3 is 0 Å². The van der Waals surface area contributed by atoms with E-state index in [9.17, 15) is 14.0 Å². The van der Waals surface area contributed by atoms with E-state index >= 15 is 0 Å². The SMILES string of the molecule is COCC1(C(=O)Nc2ccc3[nH]nc(-c4ccc(F)cc4)c3c2)CCN(CC(=O)N2CCN(c3nccs3)CC2)C1. The number of halogens is 1. The van der Waals surface area contributed by atoms with Crippen LogP contribution < -0.4 is 10.2 Å². The Bertz CT molecular complexity index is 1520. The smallest absolute Gasteiger partial charge is 0.236 e. The number of carbonyl (C=O) groups is 2. The Labute approximate surface area is 241 Å². The van der Waals surface area contributed by atoms with Gasteiger partial charge in [0, 0.05) is 68.0 Å². The summed E-state index contributed by atoms with van der Waals surface area (Å²) in [5.41, 5.74) is 2.13. The monoisotopic (exact) mass is 577 g/mol. The van der Waals surface area contributed by atoms with Gasteiger partial charge in [0.05, 0.1) is 29.8 Å². The molecule has 1 unspecified atom stereocenters. The van der Waals surface area contributed by atoms with Gasteiger partial charge in [0.25, 0.3) is 0 Å². The summed E-state index contributed by atoms with van der Waals surface area (Å²) in [7, 11) is 1.59. The maximum absolute atomic E-state index is 13.7. The van der Waals surface area contributed by atoms with Crippen LogP contribution in [0.1, 0.15) is 6.42 Å². The van der Waals surface area contributed by atoms with Crippen LogP contribution in [0.2, 0.25) is 0 Å².